The molecule has 2 aromatic carbocycles. The van der Waals surface area contributed by atoms with Crippen LogP contribution in [0, 0.1) is 12.7 Å². The van der Waals surface area contributed by atoms with Gasteiger partial charge in [-0.1, -0.05) is 30.3 Å². The summed E-state index contributed by atoms with van der Waals surface area (Å²) in [5.41, 5.74) is -0.804. The molecular weight excluding hydrogens is 427 g/mol. The van der Waals surface area contributed by atoms with Crippen molar-refractivity contribution in [2.24, 2.45) is 0 Å². The number of halogens is 1. The molecule has 2 aromatic rings. The number of ketones is 1. The number of rotatable bonds is 6. The number of benzene rings is 2. The molecule has 8 heteroatoms. The van der Waals surface area contributed by atoms with Gasteiger partial charge >= 0.3 is 0 Å². The fraction of sp³-hybridized carbons (Fsp3) is 0.320. The quantitative estimate of drug-likeness (QED) is 0.315. The first-order chi connectivity index (χ1) is 15.8. The number of hydrogen-bond acceptors (Lipinski definition) is 5. The minimum absolute atomic E-state index is 0.0209. The number of fused-ring (bicyclic) bond motifs is 2. The van der Waals surface area contributed by atoms with Gasteiger partial charge < -0.3 is 19.6 Å². The Kier molecular flexibility index (Phi) is 5.80. The van der Waals surface area contributed by atoms with Gasteiger partial charge in [-0.2, -0.15) is 0 Å². The van der Waals surface area contributed by atoms with Gasteiger partial charge in [-0.3, -0.25) is 14.4 Å². The van der Waals surface area contributed by atoms with E-state index in [1.807, 2.05) is 0 Å². The second-order valence-corrected chi connectivity index (χ2v) is 8.10. The Bertz CT molecular complexity index is 1190. The smallest absolute Gasteiger partial charge is 0.296 e. The monoisotopic (exact) mass is 452 g/mol. The topological polar surface area (TPSA) is 87.2 Å². The number of likely N-dealkylation sites (N-methyl/N-ethyl adjacent to an activating group) is 1. The number of Topliss-reactive ketones (excluding diaryl/α,β-unsaturated/α-hetero) is 1. The molecule has 1 N–H and O–H groups in total. The normalized spacial score (nSPS) is 21.4. The zero-order chi connectivity index (χ0) is 23.9. The van der Waals surface area contributed by atoms with Crippen molar-refractivity contribution in [1.82, 2.24) is 4.90 Å². The van der Waals surface area contributed by atoms with Gasteiger partial charge in [0.05, 0.1) is 11.3 Å². The number of carbonyl (C=O) groups is 3. The van der Waals surface area contributed by atoms with Crippen molar-refractivity contribution < 1.29 is 28.6 Å². The van der Waals surface area contributed by atoms with E-state index in [1.54, 1.807) is 38.1 Å². The number of aliphatic hydroxyl groups is 1. The first kappa shape index (κ1) is 22.7. The van der Waals surface area contributed by atoms with E-state index in [0.717, 1.165) is 6.07 Å². The third kappa shape index (κ3) is 3.16. The number of amides is 2. The van der Waals surface area contributed by atoms with Crippen LogP contribution in [0.1, 0.15) is 30.0 Å². The predicted octanol–water partition coefficient (Wildman–Crippen LogP) is 3.11. The molecule has 0 radical (unpaired) electrons. The lowest BCUT2D eigenvalue weighted by Gasteiger charge is -2.34. The van der Waals surface area contributed by atoms with Crippen LogP contribution in [-0.2, 0) is 24.7 Å². The van der Waals surface area contributed by atoms with Crippen LogP contribution in [-0.4, -0.2) is 54.4 Å². The molecule has 33 heavy (non-hydrogen) atoms. The van der Waals surface area contributed by atoms with Gasteiger partial charge in [-0.05, 0) is 38.0 Å². The number of anilines is 1. The molecule has 0 aliphatic carbocycles. The summed E-state index contributed by atoms with van der Waals surface area (Å²) in [6.45, 7) is 4.05. The molecule has 1 fully saturated rings. The molecule has 7 nitrogen and oxygen atoms in total. The van der Waals surface area contributed by atoms with E-state index >= 15 is 0 Å². The average Bonchev–Trinajstić information content (AvgIpc) is 3.18. The van der Waals surface area contributed by atoms with Crippen LogP contribution in [0.25, 0.3) is 5.76 Å². The van der Waals surface area contributed by atoms with Crippen LogP contribution < -0.4 is 4.90 Å². The zero-order valence-electron chi connectivity index (χ0n) is 18.7. The van der Waals surface area contributed by atoms with E-state index in [2.05, 4.69) is 0 Å². The van der Waals surface area contributed by atoms with Crippen LogP contribution in [0.2, 0.25) is 0 Å². The molecular formula is C25H25FN2O5. The van der Waals surface area contributed by atoms with Gasteiger partial charge in [0.15, 0.2) is 5.54 Å². The van der Waals surface area contributed by atoms with Crippen molar-refractivity contribution in [2.75, 3.05) is 31.7 Å². The number of methoxy groups -OCH3 is 1. The first-order valence-corrected chi connectivity index (χ1v) is 10.8. The molecule has 2 aliphatic rings. The number of carbonyl (C=O) groups excluding carboxylic acids is 3. The largest absolute Gasteiger partial charge is 0.507 e. The summed E-state index contributed by atoms with van der Waals surface area (Å²) < 4.78 is 19.4. The van der Waals surface area contributed by atoms with E-state index in [9.17, 15) is 23.9 Å². The number of aliphatic hydroxyl groups excluding tert-OH is 1. The van der Waals surface area contributed by atoms with Crippen molar-refractivity contribution in [2.45, 2.75) is 25.8 Å². The Labute approximate surface area is 191 Å². The minimum atomic E-state index is -1.83. The standard InChI is InChI=1S/C25H25FN2O5/c1-4-27-19-9-6-5-8-17(19)25(24(27)32)20(21(29)16-11-10-15(2)18(26)14-16)22(30)23(31)28(25)12-7-13-33-3/h5-6,8-11,14,29H,4,7,12-13H2,1-3H3/b21-20+. The van der Waals surface area contributed by atoms with Crippen LogP contribution in [0.5, 0.6) is 0 Å². The molecule has 0 saturated carbocycles. The van der Waals surface area contributed by atoms with Crippen LogP contribution in [0.3, 0.4) is 0 Å². The highest BCUT2D eigenvalue weighted by Crippen LogP contribution is 2.53. The summed E-state index contributed by atoms with van der Waals surface area (Å²) in [6.07, 6.45) is 0.381. The highest BCUT2D eigenvalue weighted by Gasteiger charge is 2.66. The second-order valence-electron chi connectivity index (χ2n) is 8.10. The number of hydrogen-bond donors (Lipinski definition) is 1. The van der Waals surface area contributed by atoms with Gasteiger partial charge in [-0.25, -0.2) is 4.39 Å². The Balaban J connectivity index is 2.03. The van der Waals surface area contributed by atoms with Gasteiger partial charge in [0.1, 0.15) is 11.6 Å². The van der Waals surface area contributed by atoms with Gasteiger partial charge in [0.2, 0.25) is 0 Å². The minimum Gasteiger partial charge on any atom is -0.507 e. The van der Waals surface area contributed by atoms with Crippen molar-refractivity contribution in [3.63, 3.8) is 0 Å². The highest BCUT2D eigenvalue weighted by molar-refractivity contribution is 6.50. The highest BCUT2D eigenvalue weighted by atomic mass is 19.1. The fourth-order valence-electron chi connectivity index (χ4n) is 4.73. The van der Waals surface area contributed by atoms with Crippen molar-refractivity contribution in [3.8, 4) is 0 Å². The molecule has 2 amide bonds. The Hall–Kier alpha value is -3.52. The SMILES string of the molecule is CCN1C(=O)C2(/C(=C(/O)c3ccc(C)c(F)c3)C(=O)C(=O)N2CCCOC)c2ccccc21. The first-order valence-electron chi connectivity index (χ1n) is 10.8. The number of nitrogens with zero attached hydrogens (tertiary/aromatic N) is 2. The van der Waals surface area contributed by atoms with Crippen LogP contribution >= 0.6 is 0 Å². The molecule has 1 unspecified atom stereocenters. The summed E-state index contributed by atoms with van der Waals surface area (Å²) in [5, 5.41) is 11.3. The molecule has 0 aromatic heterocycles. The van der Waals surface area contributed by atoms with Gasteiger partial charge in [0.25, 0.3) is 17.6 Å². The molecule has 1 atom stereocenters. The number of para-hydroxylation sites is 1. The lowest BCUT2D eigenvalue weighted by Crippen LogP contribution is -2.52. The lowest BCUT2D eigenvalue weighted by atomic mass is 9.81. The number of aryl methyl sites for hydroxylation is 1. The molecule has 1 spiro atoms. The predicted molar refractivity (Wildman–Crippen MR) is 120 cm³/mol. The number of likely N-dealkylation sites (tertiary alicyclic amines) is 1. The lowest BCUT2D eigenvalue weighted by molar-refractivity contribution is -0.143. The van der Waals surface area contributed by atoms with Crippen molar-refractivity contribution in [3.05, 3.63) is 70.5 Å². The maximum atomic E-state index is 14.3. The van der Waals surface area contributed by atoms with E-state index in [-0.39, 0.29) is 17.7 Å². The van der Waals surface area contributed by atoms with E-state index in [0.29, 0.717) is 36.4 Å². The summed E-state index contributed by atoms with van der Waals surface area (Å²) in [4.78, 5) is 43.2. The maximum absolute atomic E-state index is 14.3. The Morgan fingerprint density at radius 2 is 1.88 bits per heavy atom. The average molecular weight is 452 g/mol. The second kappa shape index (κ2) is 8.44. The van der Waals surface area contributed by atoms with Gasteiger partial charge in [0, 0.05) is 37.9 Å². The van der Waals surface area contributed by atoms with E-state index in [1.165, 1.54) is 29.0 Å². The molecule has 2 aliphatic heterocycles. The van der Waals surface area contributed by atoms with Crippen molar-refractivity contribution in [1.29, 1.82) is 0 Å². The summed E-state index contributed by atoms with van der Waals surface area (Å²) in [5.74, 6) is -3.52. The van der Waals surface area contributed by atoms with Gasteiger partial charge in [-0.15, -0.1) is 0 Å². The fourth-order valence-corrected chi connectivity index (χ4v) is 4.73. The molecule has 1 saturated heterocycles. The summed E-state index contributed by atoms with van der Waals surface area (Å²) in [7, 11) is 1.52. The summed E-state index contributed by atoms with van der Waals surface area (Å²) in [6, 6.07) is 10.9. The van der Waals surface area contributed by atoms with E-state index in [4.69, 9.17) is 4.74 Å². The number of ether oxygens (including phenoxy) is 1. The maximum Gasteiger partial charge on any atom is 0.296 e. The molecule has 172 valence electrons. The third-order valence-electron chi connectivity index (χ3n) is 6.30. The zero-order valence-corrected chi connectivity index (χ0v) is 18.7. The summed E-state index contributed by atoms with van der Waals surface area (Å²) >= 11 is 0. The van der Waals surface area contributed by atoms with Crippen molar-refractivity contribution >= 4 is 29.0 Å². The molecule has 4 rings (SSSR count). The molecule has 2 heterocycles. The van der Waals surface area contributed by atoms with E-state index < -0.39 is 34.7 Å². The third-order valence-corrected chi connectivity index (χ3v) is 6.30. The Morgan fingerprint density at radius 1 is 1.15 bits per heavy atom. The van der Waals surface area contributed by atoms with Crippen LogP contribution in [0.4, 0.5) is 10.1 Å². The molecule has 0 bridgehead atoms. The van der Waals surface area contributed by atoms with Crippen LogP contribution in [0.15, 0.2) is 48.0 Å². The Morgan fingerprint density at radius 3 is 2.55 bits per heavy atom.